The van der Waals surface area contributed by atoms with Gasteiger partial charge in [-0.2, -0.15) is 0 Å². The third kappa shape index (κ3) is 3.75. The summed E-state index contributed by atoms with van der Waals surface area (Å²) in [6.45, 7) is 3.79. The van der Waals surface area contributed by atoms with E-state index in [1.807, 2.05) is 0 Å². The van der Waals surface area contributed by atoms with Crippen molar-refractivity contribution in [3.63, 3.8) is 0 Å². The predicted molar refractivity (Wildman–Crippen MR) is 62.2 cm³/mol. The number of hydrogen-bond acceptors (Lipinski definition) is 4. The number of Topliss-reactive ketones (excluding diaryl/α,β-unsaturated/α-hetero) is 1. The van der Waals surface area contributed by atoms with Crippen molar-refractivity contribution in [3.05, 3.63) is 47.9 Å². The van der Waals surface area contributed by atoms with Crippen LogP contribution in [0.2, 0.25) is 0 Å². The minimum absolute atomic E-state index is 0.0433. The van der Waals surface area contributed by atoms with Crippen LogP contribution in [0.1, 0.15) is 24.2 Å². The van der Waals surface area contributed by atoms with Gasteiger partial charge < -0.3 is 9.47 Å². The molecule has 0 atom stereocenters. The molecule has 0 bridgehead atoms. The first-order valence-electron chi connectivity index (χ1n) is 5.29. The van der Waals surface area contributed by atoms with Gasteiger partial charge in [0.2, 0.25) is 0 Å². The summed E-state index contributed by atoms with van der Waals surface area (Å²) >= 11 is 0. The van der Waals surface area contributed by atoms with Crippen LogP contribution in [0.4, 0.5) is 0 Å². The van der Waals surface area contributed by atoms with E-state index < -0.39 is 11.8 Å². The number of hydrogen-bond donors (Lipinski definition) is 0. The van der Waals surface area contributed by atoms with E-state index in [0.29, 0.717) is 12.2 Å². The SMILES string of the molecule is CC=C(OCC)OC(=O)C(=O)c1ccccc1. The molecule has 0 radical (unpaired) electrons. The van der Waals surface area contributed by atoms with Gasteiger partial charge in [0.05, 0.1) is 6.61 Å². The number of benzene rings is 1. The molecule has 4 nitrogen and oxygen atoms in total. The Morgan fingerprint density at radius 1 is 1.24 bits per heavy atom. The monoisotopic (exact) mass is 234 g/mol. The molecule has 0 aliphatic rings. The minimum Gasteiger partial charge on any atom is -0.466 e. The van der Waals surface area contributed by atoms with Crippen LogP contribution in [0, 0.1) is 0 Å². The molecule has 0 heterocycles. The average Bonchev–Trinajstić information content (AvgIpc) is 2.38. The molecule has 0 N–H and O–H groups in total. The highest BCUT2D eigenvalue weighted by Crippen LogP contribution is 2.05. The summed E-state index contributed by atoms with van der Waals surface area (Å²) in [6.07, 6.45) is 1.49. The summed E-state index contributed by atoms with van der Waals surface area (Å²) in [5, 5.41) is 0. The molecule has 0 fully saturated rings. The zero-order valence-electron chi connectivity index (χ0n) is 9.80. The average molecular weight is 234 g/mol. The molecule has 0 aliphatic carbocycles. The Labute approximate surface area is 99.8 Å². The molecule has 0 saturated carbocycles. The molecule has 0 aromatic heterocycles. The van der Waals surface area contributed by atoms with Crippen molar-refractivity contribution in [2.45, 2.75) is 13.8 Å². The van der Waals surface area contributed by atoms with Crippen molar-refractivity contribution in [1.82, 2.24) is 0 Å². The van der Waals surface area contributed by atoms with Gasteiger partial charge in [-0.3, -0.25) is 4.79 Å². The second-order valence-corrected chi connectivity index (χ2v) is 3.13. The van der Waals surface area contributed by atoms with Gasteiger partial charge in [0, 0.05) is 5.56 Å². The standard InChI is InChI=1S/C13H14O4/c1-3-11(16-4-2)17-13(15)12(14)10-8-6-5-7-9-10/h3,5-9H,4H2,1-2H3. The minimum atomic E-state index is -0.947. The first-order chi connectivity index (χ1) is 8.19. The van der Waals surface area contributed by atoms with E-state index in [9.17, 15) is 9.59 Å². The van der Waals surface area contributed by atoms with Gasteiger partial charge in [0.25, 0.3) is 11.7 Å². The van der Waals surface area contributed by atoms with Gasteiger partial charge in [-0.15, -0.1) is 0 Å². The van der Waals surface area contributed by atoms with E-state index in [0.717, 1.165) is 0 Å². The Hall–Kier alpha value is -2.10. The Morgan fingerprint density at radius 3 is 2.41 bits per heavy atom. The third-order valence-electron chi connectivity index (χ3n) is 1.94. The molecule has 4 heteroatoms. The lowest BCUT2D eigenvalue weighted by molar-refractivity contribution is -0.139. The molecule has 0 saturated heterocycles. The fourth-order valence-corrected chi connectivity index (χ4v) is 1.16. The van der Waals surface area contributed by atoms with Gasteiger partial charge >= 0.3 is 5.97 Å². The highest BCUT2D eigenvalue weighted by molar-refractivity contribution is 6.40. The van der Waals surface area contributed by atoms with Crippen LogP contribution in [0.25, 0.3) is 0 Å². The second-order valence-electron chi connectivity index (χ2n) is 3.13. The number of carbonyl (C=O) groups is 2. The van der Waals surface area contributed by atoms with Crippen molar-refractivity contribution in [1.29, 1.82) is 0 Å². The number of ether oxygens (including phenoxy) is 2. The highest BCUT2D eigenvalue weighted by Gasteiger charge is 2.19. The van der Waals surface area contributed by atoms with Crippen LogP contribution in [0.15, 0.2) is 42.4 Å². The number of rotatable bonds is 5. The largest absolute Gasteiger partial charge is 0.466 e. The maximum absolute atomic E-state index is 11.6. The Morgan fingerprint density at radius 2 is 1.88 bits per heavy atom. The lowest BCUT2D eigenvalue weighted by atomic mass is 10.1. The first-order valence-corrected chi connectivity index (χ1v) is 5.29. The zero-order chi connectivity index (χ0) is 12.7. The van der Waals surface area contributed by atoms with Gasteiger partial charge in [-0.25, -0.2) is 4.79 Å². The molecule has 17 heavy (non-hydrogen) atoms. The van der Waals surface area contributed by atoms with E-state index in [-0.39, 0.29) is 5.95 Å². The fraction of sp³-hybridized carbons (Fsp3) is 0.231. The van der Waals surface area contributed by atoms with Crippen LogP contribution in [0.3, 0.4) is 0 Å². The third-order valence-corrected chi connectivity index (χ3v) is 1.94. The number of ketones is 1. The lowest BCUT2D eigenvalue weighted by Gasteiger charge is -2.07. The predicted octanol–water partition coefficient (Wildman–Crippen LogP) is 2.31. The smallest absolute Gasteiger partial charge is 0.387 e. The van der Waals surface area contributed by atoms with Crippen LogP contribution in [-0.4, -0.2) is 18.4 Å². The normalized spacial score (nSPS) is 10.8. The first kappa shape index (κ1) is 13.0. The quantitative estimate of drug-likeness (QED) is 0.339. The van der Waals surface area contributed by atoms with Crippen molar-refractivity contribution in [2.75, 3.05) is 6.61 Å². The molecule has 90 valence electrons. The molecule has 1 aromatic carbocycles. The topological polar surface area (TPSA) is 52.6 Å². The maximum Gasteiger partial charge on any atom is 0.387 e. The van der Waals surface area contributed by atoms with Gasteiger partial charge in [-0.05, 0) is 19.9 Å². The van der Waals surface area contributed by atoms with Crippen molar-refractivity contribution in [3.8, 4) is 0 Å². The number of carbonyl (C=O) groups excluding carboxylic acids is 2. The van der Waals surface area contributed by atoms with Crippen LogP contribution < -0.4 is 0 Å². The summed E-state index contributed by atoms with van der Waals surface area (Å²) in [4.78, 5) is 23.1. The van der Waals surface area contributed by atoms with E-state index >= 15 is 0 Å². The Bertz CT molecular complexity index is 420. The fourth-order valence-electron chi connectivity index (χ4n) is 1.16. The summed E-state index contributed by atoms with van der Waals surface area (Å²) in [7, 11) is 0. The van der Waals surface area contributed by atoms with Gasteiger partial charge in [0.1, 0.15) is 0 Å². The van der Waals surface area contributed by atoms with Crippen LogP contribution in [-0.2, 0) is 14.3 Å². The van der Waals surface area contributed by atoms with Gasteiger partial charge in [-0.1, -0.05) is 30.3 Å². The van der Waals surface area contributed by atoms with Crippen molar-refractivity contribution < 1.29 is 19.1 Å². The zero-order valence-corrected chi connectivity index (χ0v) is 9.80. The van der Waals surface area contributed by atoms with E-state index in [2.05, 4.69) is 0 Å². The van der Waals surface area contributed by atoms with Gasteiger partial charge in [0.15, 0.2) is 0 Å². The van der Waals surface area contributed by atoms with Crippen LogP contribution >= 0.6 is 0 Å². The molecular formula is C13H14O4. The number of allylic oxidation sites excluding steroid dienone is 1. The molecule has 1 aromatic rings. The second kappa shape index (κ2) is 6.48. The Balaban J connectivity index is 2.68. The lowest BCUT2D eigenvalue weighted by Crippen LogP contribution is -2.18. The maximum atomic E-state index is 11.6. The molecule has 1 rings (SSSR count). The molecule has 0 amide bonds. The summed E-state index contributed by atoms with van der Waals surface area (Å²) < 4.78 is 9.82. The van der Waals surface area contributed by atoms with E-state index in [4.69, 9.17) is 9.47 Å². The summed E-state index contributed by atoms with van der Waals surface area (Å²) in [5.74, 6) is -1.59. The molecule has 0 unspecified atom stereocenters. The molecule has 0 spiro atoms. The molecule has 0 aliphatic heterocycles. The Kier molecular flexibility index (Phi) is 4.94. The van der Waals surface area contributed by atoms with E-state index in [1.54, 1.807) is 44.2 Å². The summed E-state index contributed by atoms with van der Waals surface area (Å²) in [6, 6.07) is 8.23. The van der Waals surface area contributed by atoms with Crippen LogP contribution in [0.5, 0.6) is 0 Å². The van der Waals surface area contributed by atoms with Crippen molar-refractivity contribution >= 4 is 11.8 Å². The highest BCUT2D eigenvalue weighted by atomic mass is 16.7. The molecular weight excluding hydrogens is 220 g/mol. The number of esters is 1. The van der Waals surface area contributed by atoms with Crippen molar-refractivity contribution in [2.24, 2.45) is 0 Å². The summed E-state index contributed by atoms with van der Waals surface area (Å²) in [5.41, 5.74) is 0.296. The van der Waals surface area contributed by atoms with E-state index in [1.165, 1.54) is 6.08 Å².